The zero-order valence-corrected chi connectivity index (χ0v) is 14.1. The molecule has 14 heavy (non-hydrogen) atoms. The Kier molecular flexibility index (Phi) is 6.47. The fourth-order valence-electron chi connectivity index (χ4n) is 0.803. The molecule has 0 unspecified atom stereocenters. The topological polar surface area (TPSA) is 49.7 Å². The van der Waals surface area contributed by atoms with Crippen LogP contribution in [0.15, 0.2) is 26.6 Å². The second-order valence-corrected chi connectivity index (χ2v) is 5.47. The van der Waals surface area contributed by atoms with Crippen LogP contribution in [0, 0.1) is 0 Å². The van der Waals surface area contributed by atoms with Gasteiger partial charge in [-0.05, 0) is 0 Å². The second kappa shape index (κ2) is 6.47. The number of carbonyl (C=O) groups is 1. The van der Waals surface area contributed by atoms with Gasteiger partial charge < -0.3 is 0 Å². The first-order valence-electron chi connectivity index (χ1n) is 3.90. The van der Waals surface area contributed by atoms with Gasteiger partial charge in [0.15, 0.2) is 0 Å². The number of ketones is 1. The molecule has 0 saturated heterocycles. The van der Waals surface area contributed by atoms with E-state index in [9.17, 15) is 9.90 Å². The molecule has 0 aromatic carbocycles. The van der Waals surface area contributed by atoms with Gasteiger partial charge in [-0.15, -0.1) is 0 Å². The molecule has 0 heterocycles. The molecule has 0 fully saturated rings. The summed E-state index contributed by atoms with van der Waals surface area (Å²) < 4.78 is 4.65. The van der Waals surface area contributed by atoms with Crippen LogP contribution < -0.4 is 0 Å². The quantitative estimate of drug-likeness (QED) is 0.341. The van der Waals surface area contributed by atoms with Crippen molar-refractivity contribution in [2.24, 2.45) is 3.50 Å². The van der Waals surface area contributed by atoms with E-state index in [1.54, 1.807) is 26.8 Å². The molecule has 0 bridgehead atoms. The predicted molar refractivity (Wildman–Crippen MR) is 47.2 cm³/mol. The number of aliphatic hydroxyl groups excluding tert-OH is 1. The van der Waals surface area contributed by atoms with Crippen molar-refractivity contribution in [3.8, 4) is 0 Å². The monoisotopic (exact) mass is 533 g/mol. The van der Waals surface area contributed by atoms with Gasteiger partial charge >= 0.3 is 106 Å². The molecule has 1 N–H and O–H groups in total. The summed E-state index contributed by atoms with van der Waals surface area (Å²) in [6.45, 7) is 5.19. The third-order valence-electron chi connectivity index (χ3n) is 1.59. The fourth-order valence-corrected chi connectivity index (χ4v) is 1.51. The molecular formula is C9H11NO2W2. The number of hydrogen-bond acceptors (Lipinski definition) is 3. The van der Waals surface area contributed by atoms with E-state index in [2.05, 4.69) is 3.50 Å². The second-order valence-electron chi connectivity index (χ2n) is 2.61. The molecule has 0 radical (unpaired) electrons. The van der Waals surface area contributed by atoms with Gasteiger partial charge in [0, 0.05) is 0 Å². The molecule has 0 spiro atoms. The van der Waals surface area contributed by atoms with Crippen molar-refractivity contribution in [1.29, 1.82) is 0 Å². The third kappa shape index (κ3) is 3.63. The number of hydrogen-bond donors (Lipinski definition) is 1. The number of nitrogens with zero attached hydrogens (tertiary/aromatic N) is 1. The van der Waals surface area contributed by atoms with Crippen molar-refractivity contribution in [1.82, 2.24) is 0 Å². The standard InChI is InChI=1S/C9H11NO2.2W/c1-4-7(8(11)5-2)9(12)6(3)10;;/h4,12H,1-3H3;;. The van der Waals surface area contributed by atoms with Gasteiger partial charge in [-0.2, -0.15) is 0 Å². The summed E-state index contributed by atoms with van der Waals surface area (Å²) >= 11 is 2.13. The van der Waals surface area contributed by atoms with Gasteiger partial charge in [0.05, 0.1) is 0 Å². The zero-order valence-electron chi connectivity index (χ0n) is 8.20. The summed E-state index contributed by atoms with van der Waals surface area (Å²) in [5.74, 6) is -0.105. The van der Waals surface area contributed by atoms with Gasteiger partial charge in [-0.1, -0.05) is 0 Å². The van der Waals surface area contributed by atoms with Crippen LogP contribution in [0.5, 0.6) is 0 Å². The maximum atomic E-state index is 11.6. The van der Waals surface area contributed by atoms with Gasteiger partial charge in [0.25, 0.3) is 0 Å². The number of allylic oxidation sites excluding steroid dienone is 3. The molecule has 0 saturated carbocycles. The SMILES string of the molecule is CC=C(C(=O)[C](C)=[W])C(O)=C(C)[N]=[W]. The van der Waals surface area contributed by atoms with E-state index in [-0.39, 0.29) is 11.5 Å². The Bertz CT molecular complexity index is 343. The Labute approximate surface area is 105 Å². The Balaban J connectivity index is 5.24. The summed E-state index contributed by atoms with van der Waals surface area (Å²) in [5.41, 5.74) is 0.859. The minimum atomic E-state index is -0.0991. The molecular weight excluding hydrogens is 522 g/mol. The van der Waals surface area contributed by atoms with Crippen LogP contribution in [0.2, 0.25) is 0 Å². The number of carbonyl (C=O) groups excluding carboxylic acids is 1. The van der Waals surface area contributed by atoms with E-state index in [1.165, 1.54) is 0 Å². The van der Waals surface area contributed by atoms with E-state index < -0.39 is 0 Å². The van der Waals surface area contributed by atoms with Crippen molar-refractivity contribution < 1.29 is 48.9 Å². The molecule has 0 aromatic rings. The molecule has 0 amide bonds. The predicted octanol–water partition coefficient (Wildman–Crippen LogP) is 1.76. The molecule has 0 aliphatic heterocycles. The van der Waals surface area contributed by atoms with Gasteiger partial charge in [0.2, 0.25) is 0 Å². The molecule has 76 valence electrons. The molecule has 0 aliphatic rings. The Hall–Kier alpha value is -0.00338. The van der Waals surface area contributed by atoms with E-state index in [4.69, 9.17) is 0 Å². The summed E-state index contributed by atoms with van der Waals surface area (Å²) in [7, 11) is 0. The van der Waals surface area contributed by atoms with Crippen LogP contribution in [0.3, 0.4) is 0 Å². The van der Waals surface area contributed by atoms with Crippen LogP contribution in [-0.4, -0.2) is 14.8 Å². The van der Waals surface area contributed by atoms with Crippen LogP contribution >= 0.6 is 0 Å². The molecule has 3 nitrogen and oxygen atoms in total. The number of Topliss-reactive ketones (excluding diaryl/α,β-unsaturated/α-hetero) is 1. The van der Waals surface area contributed by atoms with E-state index >= 15 is 0 Å². The summed E-state index contributed by atoms with van der Waals surface area (Å²) in [6, 6.07) is 0. The van der Waals surface area contributed by atoms with Crippen molar-refractivity contribution in [3.05, 3.63) is 23.1 Å². The molecule has 0 atom stereocenters. The third-order valence-corrected chi connectivity index (χ3v) is 3.24. The molecule has 5 heteroatoms. The molecule has 0 rings (SSSR count). The molecule has 0 aromatic heterocycles. The minimum absolute atomic E-state index is 0.00639. The molecule has 0 aliphatic carbocycles. The van der Waals surface area contributed by atoms with Crippen molar-refractivity contribution in [2.75, 3.05) is 0 Å². The van der Waals surface area contributed by atoms with Gasteiger partial charge in [0.1, 0.15) is 0 Å². The summed E-state index contributed by atoms with van der Waals surface area (Å²) in [4.78, 5) is 11.6. The van der Waals surface area contributed by atoms with Crippen LogP contribution in [-0.2, 0) is 43.8 Å². The van der Waals surface area contributed by atoms with Crippen molar-refractivity contribution >= 4 is 9.68 Å². The summed E-state index contributed by atoms with van der Waals surface area (Å²) in [6.07, 6.45) is 1.62. The van der Waals surface area contributed by atoms with Crippen molar-refractivity contribution in [2.45, 2.75) is 20.8 Å². The van der Waals surface area contributed by atoms with E-state index in [0.717, 1.165) is 42.9 Å². The van der Waals surface area contributed by atoms with Crippen LogP contribution in [0.4, 0.5) is 0 Å². The zero-order chi connectivity index (χ0) is 11.3. The van der Waals surface area contributed by atoms with E-state index in [1.807, 2.05) is 0 Å². The van der Waals surface area contributed by atoms with Gasteiger partial charge in [-0.3, -0.25) is 0 Å². The average molecular weight is 533 g/mol. The summed E-state index contributed by atoms with van der Waals surface area (Å²) in [5, 5.41) is 9.70. The van der Waals surface area contributed by atoms with Crippen molar-refractivity contribution in [3.63, 3.8) is 0 Å². The first kappa shape index (κ1) is 14.0. The number of aliphatic hydroxyl groups is 1. The number of rotatable bonds is 4. The maximum absolute atomic E-state index is 11.6. The van der Waals surface area contributed by atoms with E-state index in [0.29, 0.717) is 11.3 Å². The van der Waals surface area contributed by atoms with Gasteiger partial charge in [-0.25, -0.2) is 0 Å². The fraction of sp³-hybridized carbons (Fsp3) is 0.333. The van der Waals surface area contributed by atoms with Crippen LogP contribution in [0.1, 0.15) is 20.8 Å². The van der Waals surface area contributed by atoms with Crippen LogP contribution in [0.25, 0.3) is 0 Å². The Morgan fingerprint density at radius 2 is 1.93 bits per heavy atom. The first-order valence-corrected chi connectivity index (χ1v) is 6.68. The normalized spacial score (nSPS) is 13.2. The first-order chi connectivity index (χ1) is 6.45. The average Bonchev–Trinajstić information content (AvgIpc) is 2.17. The Morgan fingerprint density at radius 3 is 2.21 bits per heavy atom. The Morgan fingerprint density at radius 1 is 1.43 bits per heavy atom.